The molecule has 1 N–H and O–H groups in total. The number of nitrogens with one attached hydrogen (secondary N) is 1. The van der Waals surface area contributed by atoms with Gasteiger partial charge in [0.25, 0.3) is 0 Å². The van der Waals surface area contributed by atoms with Crippen LogP contribution >= 0.6 is 0 Å². The topological polar surface area (TPSA) is 25.2 Å². The van der Waals surface area contributed by atoms with Crippen LogP contribution < -0.4 is 5.32 Å². The molecule has 1 unspecified atom stereocenters. The SMILES string of the molecule is CCCNC(Cc1ccco1)C1(C)CCCCC1. The van der Waals surface area contributed by atoms with Crippen LogP contribution in [-0.2, 0) is 6.42 Å². The second kappa shape index (κ2) is 6.42. The van der Waals surface area contributed by atoms with Gasteiger partial charge in [-0.1, -0.05) is 33.1 Å². The normalized spacial score (nSPS) is 20.8. The van der Waals surface area contributed by atoms with E-state index in [4.69, 9.17) is 4.42 Å². The molecule has 0 saturated heterocycles. The van der Waals surface area contributed by atoms with E-state index in [0.29, 0.717) is 11.5 Å². The lowest BCUT2D eigenvalue weighted by Gasteiger charge is -2.41. The molecule has 0 aromatic carbocycles. The molecule has 2 nitrogen and oxygen atoms in total. The zero-order valence-corrected chi connectivity index (χ0v) is 11.9. The van der Waals surface area contributed by atoms with Crippen LogP contribution in [0.4, 0.5) is 0 Å². The van der Waals surface area contributed by atoms with Crippen LogP contribution in [0, 0.1) is 5.41 Å². The van der Waals surface area contributed by atoms with Gasteiger partial charge in [0, 0.05) is 12.5 Å². The van der Waals surface area contributed by atoms with Gasteiger partial charge >= 0.3 is 0 Å². The highest BCUT2D eigenvalue weighted by atomic mass is 16.3. The molecule has 0 radical (unpaired) electrons. The van der Waals surface area contributed by atoms with E-state index in [9.17, 15) is 0 Å². The Hall–Kier alpha value is -0.760. The number of hydrogen-bond acceptors (Lipinski definition) is 2. The first-order valence-electron chi connectivity index (χ1n) is 7.50. The van der Waals surface area contributed by atoms with Crippen LogP contribution in [0.25, 0.3) is 0 Å². The minimum Gasteiger partial charge on any atom is -0.469 e. The standard InChI is InChI=1S/C16H27NO/c1-3-11-17-15(13-14-8-7-12-18-14)16(2)9-5-4-6-10-16/h7-8,12,15,17H,3-6,9-11,13H2,1-2H3. The average Bonchev–Trinajstić information content (AvgIpc) is 2.88. The zero-order valence-electron chi connectivity index (χ0n) is 11.9. The van der Waals surface area contributed by atoms with Crippen molar-refractivity contribution >= 4 is 0 Å². The van der Waals surface area contributed by atoms with Gasteiger partial charge in [-0.25, -0.2) is 0 Å². The Labute approximate surface area is 111 Å². The van der Waals surface area contributed by atoms with Crippen LogP contribution in [0.3, 0.4) is 0 Å². The van der Waals surface area contributed by atoms with Crippen LogP contribution in [0.15, 0.2) is 22.8 Å². The van der Waals surface area contributed by atoms with Crippen molar-refractivity contribution in [2.75, 3.05) is 6.54 Å². The molecule has 1 heterocycles. The smallest absolute Gasteiger partial charge is 0.105 e. The second-order valence-electron chi connectivity index (χ2n) is 6.00. The fourth-order valence-electron chi connectivity index (χ4n) is 3.22. The molecule has 0 spiro atoms. The molecule has 1 saturated carbocycles. The van der Waals surface area contributed by atoms with Crippen LogP contribution in [0.5, 0.6) is 0 Å². The summed E-state index contributed by atoms with van der Waals surface area (Å²) in [6, 6.07) is 4.66. The maximum absolute atomic E-state index is 5.54. The Morgan fingerprint density at radius 1 is 1.33 bits per heavy atom. The van der Waals surface area contributed by atoms with Crippen LogP contribution in [-0.4, -0.2) is 12.6 Å². The Morgan fingerprint density at radius 3 is 2.72 bits per heavy atom. The highest BCUT2D eigenvalue weighted by Crippen LogP contribution is 2.39. The third-order valence-corrected chi connectivity index (χ3v) is 4.46. The molecule has 18 heavy (non-hydrogen) atoms. The van der Waals surface area contributed by atoms with E-state index in [2.05, 4.69) is 25.2 Å². The van der Waals surface area contributed by atoms with E-state index < -0.39 is 0 Å². The summed E-state index contributed by atoms with van der Waals surface area (Å²) in [7, 11) is 0. The van der Waals surface area contributed by atoms with Gasteiger partial charge in [-0.15, -0.1) is 0 Å². The van der Waals surface area contributed by atoms with Crippen molar-refractivity contribution in [2.45, 2.75) is 64.8 Å². The van der Waals surface area contributed by atoms with Crippen LogP contribution in [0.2, 0.25) is 0 Å². The molecular weight excluding hydrogens is 222 g/mol. The lowest BCUT2D eigenvalue weighted by atomic mass is 9.69. The Kier molecular flexibility index (Phi) is 4.87. The monoisotopic (exact) mass is 249 g/mol. The third kappa shape index (κ3) is 3.38. The summed E-state index contributed by atoms with van der Waals surface area (Å²) in [6.07, 6.45) is 10.9. The van der Waals surface area contributed by atoms with Crippen molar-refractivity contribution in [1.82, 2.24) is 5.32 Å². The first-order valence-corrected chi connectivity index (χ1v) is 7.50. The predicted octanol–water partition coefficient (Wildman–Crippen LogP) is 4.16. The molecular formula is C16H27NO. The third-order valence-electron chi connectivity index (χ3n) is 4.46. The lowest BCUT2D eigenvalue weighted by molar-refractivity contribution is 0.139. The summed E-state index contributed by atoms with van der Waals surface area (Å²) in [6.45, 7) is 5.81. The number of hydrogen-bond donors (Lipinski definition) is 1. The molecule has 0 amide bonds. The van der Waals surface area contributed by atoms with Gasteiger partial charge in [-0.2, -0.15) is 0 Å². The molecule has 2 rings (SSSR count). The van der Waals surface area contributed by atoms with E-state index in [0.717, 1.165) is 18.7 Å². The van der Waals surface area contributed by atoms with Gasteiger partial charge in [0.15, 0.2) is 0 Å². The Balaban J connectivity index is 2.03. The fourth-order valence-corrected chi connectivity index (χ4v) is 3.22. The molecule has 1 aliphatic rings. The van der Waals surface area contributed by atoms with Gasteiger partial charge in [0.2, 0.25) is 0 Å². The van der Waals surface area contributed by atoms with Crippen molar-refractivity contribution < 1.29 is 4.42 Å². The fraction of sp³-hybridized carbons (Fsp3) is 0.750. The van der Waals surface area contributed by atoms with E-state index in [-0.39, 0.29) is 0 Å². The maximum atomic E-state index is 5.54. The average molecular weight is 249 g/mol. The summed E-state index contributed by atoms with van der Waals surface area (Å²) in [5, 5.41) is 3.76. The van der Waals surface area contributed by atoms with E-state index >= 15 is 0 Å². The molecule has 1 aromatic heterocycles. The summed E-state index contributed by atoms with van der Waals surface area (Å²) in [5.41, 5.74) is 0.445. The van der Waals surface area contributed by atoms with Crippen molar-refractivity contribution in [3.63, 3.8) is 0 Å². The van der Waals surface area contributed by atoms with Crippen LogP contribution in [0.1, 0.15) is 58.1 Å². The maximum Gasteiger partial charge on any atom is 0.105 e. The van der Waals surface area contributed by atoms with E-state index in [1.165, 1.54) is 38.5 Å². The van der Waals surface area contributed by atoms with Gasteiger partial charge in [-0.3, -0.25) is 0 Å². The first-order chi connectivity index (χ1) is 8.74. The van der Waals surface area contributed by atoms with Crippen molar-refractivity contribution in [2.24, 2.45) is 5.41 Å². The zero-order chi connectivity index (χ0) is 12.8. The van der Waals surface area contributed by atoms with Gasteiger partial charge < -0.3 is 9.73 Å². The Morgan fingerprint density at radius 2 is 2.11 bits per heavy atom. The van der Waals surface area contributed by atoms with Gasteiger partial charge in [0.05, 0.1) is 6.26 Å². The summed E-state index contributed by atoms with van der Waals surface area (Å²) in [5.74, 6) is 1.12. The van der Waals surface area contributed by atoms with Crippen molar-refractivity contribution in [1.29, 1.82) is 0 Å². The summed E-state index contributed by atoms with van der Waals surface area (Å²) >= 11 is 0. The van der Waals surface area contributed by atoms with Gasteiger partial charge in [-0.05, 0) is 43.4 Å². The van der Waals surface area contributed by atoms with Gasteiger partial charge in [0.1, 0.15) is 5.76 Å². The lowest BCUT2D eigenvalue weighted by Crippen LogP contribution is -2.46. The number of furan rings is 1. The summed E-state index contributed by atoms with van der Waals surface area (Å²) in [4.78, 5) is 0. The first kappa shape index (κ1) is 13.7. The molecule has 0 aliphatic heterocycles. The minimum atomic E-state index is 0.445. The highest BCUT2D eigenvalue weighted by Gasteiger charge is 2.35. The van der Waals surface area contributed by atoms with Crippen molar-refractivity contribution in [3.05, 3.63) is 24.2 Å². The minimum absolute atomic E-state index is 0.445. The highest BCUT2D eigenvalue weighted by molar-refractivity contribution is 5.04. The number of rotatable bonds is 6. The largest absolute Gasteiger partial charge is 0.469 e. The molecule has 1 aliphatic carbocycles. The van der Waals surface area contributed by atoms with E-state index in [1.807, 2.05) is 6.07 Å². The molecule has 1 aromatic rings. The molecule has 102 valence electrons. The quantitative estimate of drug-likeness (QED) is 0.819. The second-order valence-corrected chi connectivity index (χ2v) is 6.00. The van der Waals surface area contributed by atoms with Crippen molar-refractivity contribution in [3.8, 4) is 0 Å². The molecule has 1 atom stereocenters. The predicted molar refractivity (Wildman–Crippen MR) is 75.7 cm³/mol. The van der Waals surface area contributed by atoms with E-state index in [1.54, 1.807) is 6.26 Å². The molecule has 1 fully saturated rings. The Bertz CT molecular complexity index is 325. The molecule has 2 heteroatoms. The molecule has 0 bridgehead atoms. The summed E-state index contributed by atoms with van der Waals surface area (Å²) < 4.78 is 5.54.